The van der Waals surface area contributed by atoms with Crippen molar-refractivity contribution in [2.75, 3.05) is 19.6 Å². The monoisotopic (exact) mass is 293 g/mol. The molecule has 0 amide bonds. The molecule has 2 aliphatic rings. The molecule has 0 aromatic heterocycles. The van der Waals surface area contributed by atoms with E-state index in [1.807, 2.05) is 6.07 Å². The minimum atomic E-state index is -0.170. The normalized spacial score (nSPS) is 28.1. The van der Waals surface area contributed by atoms with Crippen LogP contribution in [-0.2, 0) is 9.53 Å². The van der Waals surface area contributed by atoms with Gasteiger partial charge in [0.2, 0.25) is 0 Å². The number of ether oxygens (including phenoxy) is 1. The first kappa shape index (κ1) is 15.1. The van der Waals surface area contributed by atoms with Crippen LogP contribution >= 0.6 is 12.4 Å². The average molecular weight is 294 g/mol. The summed E-state index contributed by atoms with van der Waals surface area (Å²) in [4.78, 5) is 13.7. The number of piperidine rings is 1. The van der Waals surface area contributed by atoms with E-state index in [1.165, 1.54) is 18.1 Å². The minimum absolute atomic E-state index is 0. The Bertz CT molecular complexity index is 500. The summed E-state index contributed by atoms with van der Waals surface area (Å²) in [6, 6.07) is 10.4. The van der Waals surface area contributed by atoms with Gasteiger partial charge in [0.15, 0.2) is 0 Å². The number of fused-ring (bicyclic) bond motifs is 2. The third-order valence-corrected chi connectivity index (χ3v) is 4.03. The van der Waals surface area contributed by atoms with Gasteiger partial charge in [-0.15, -0.1) is 12.4 Å². The molecule has 20 heavy (non-hydrogen) atoms. The highest BCUT2D eigenvalue weighted by Crippen LogP contribution is 2.35. The largest absolute Gasteiger partial charge is 0.462 e. The molecule has 0 radical (unpaired) electrons. The molecule has 1 fully saturated rings. The van der Waals surface area contributed by atoms with E-state index in [0.717, 1.165) is 26.1 Å². The SMILES string of the molecule is CC(=O)OC1CCN2CC=C(c3ccccc3)C1C2.Cl. The lowest BCUT2D eigenvalue weighted by molar-refractivity contribution is -0.150. The van der Waals surface area contributed by atoms with Crippen LogP contribution in [0.15, 0.2) is 36.4 Å². The second-order valence-electron chi connectivity index (χ2n) is 5.33. The predicted octanol–water partition coefficient (Wildman–Crippen LogP) is 2.76. The van der Waals surface area contributed by atoms with Gasteiger partial charge in [-0.05, 0) is 17.6 Å². The van der Waals surface area contributed by atoms with E-state index in [0.29, 0.717) is 5.92 Å². The molecule has 0 aliphatic carbocycles. The van der Waals surface area contributed by atoms with Gasteiger partial charge in [-0.2, -0.15) is 0 Å². The van der Waals surface area contributed by atoms with E-state index in [4.69, 9.17) is 4.74 Å². The lowest BCUT2D eigenvalue weighted by Gasteiger charge is -2.42. The van der Waals surface area contributed by atoms with Crippen molar-refractivity contribution in [2.45, 2.75) is 19.4 Å². The van der Waals surface area contributed by atoms with Crippen LogP contribution in [0.25, 0.3) is 5.57 Å². The van der Waals surface area contributed by atoms with Gasteiger partial charge >= 0.3 is 5.97 Å². The van der Waals surface area contributed by atoms with Crippen LogP contribution < -0.4 is 0 Å². The van der Waals surface area contributed by atoms with Gasteiger partial charge in [0, 0.05) is 32.5 Å². The zero-order valence-electron chi connectivity index (χ0n) is 11.6. The molecular weight excluding hydrogens is 274 g/mol. The molecule has 2 bridgehead atoms. The Morgan fingerprint density at radius 2 is 2.05 bits per heavy atom. The number of hydrogen-bond donors (Lipinski definition) is 0. The number of halogens is 1. The van der Waals surface area contributed by atoms with Gasteiger partial charge in [-0.25, -0.2) is 0 Å². The summed E-state index contributed by atoms with van der Waals surface area (Å²) in [6.45, 7) is 4.53. The number of nitrogens with zero attached hydrogens (tertiary/aromatic N) is 1. The van der Waals surface area contributed by atoms with Crippen molar-refractivity contribution in [3.8, 4) is 0 Å². The fourth-order valence-electron chi connectivity index (χ4n) is 3.16. The van der Waals surface area contributed by atoms with Gasteiger partial charge in [0.25, 0.3) is 0 Å². The molecule has 3 nitrogen and oxygen atoms in total. The molecule has 3 rings (SSSR count). The maximum Gasteiger partial charge on any atom is 0.302 e. The smallest absolute Gasteiger partial charge is 0.302 e. The van der Waals surface area contributed by atoms with E-state index in [-0.39, 0.29) is 24.5 Å². The van der Waals surface area contributed by atoms with Crippen LogP contribution in [0.1, 0.15) is 18.9 Å². The first-order valence-corrected chi connectivity index (χ1v) is 6.89. The molecule has 1 aromatic carbocycles. The summed E-state index contributed by atoms with van der Waals surface area (Å²) in [5.74, 6) is 0.144. The molecule has 1 aromatic rings. The molecule has 2 aliphatic heterocycles. The maximum absolute atomic E-state index is 11.3. The van der Waals surface area contributed by atoms with Crippen molar-refractivity contribution < 1.29 is 9.53 Å². The lowest BCUT2D eigenvalue weighted by Crippen LogP contribution is -2.47. The molecule has 0 spiro atoms. The number of carbonyl (C=O) groups is 1. The minimum Gasteiger partial charge on any atom is -0.462 e. The van der Waals surface area contributed by atoms with Crippen molar-refractivity contribution >= 4 is 23.9 Å². The first-order chi connectivity index (χ1) is 9.24. The van der Waals surface area contributed by atoms with E-state index >= 15 is 0 Å². The number of rotatable bonds is 2. The summed E-state index contributed by atoms with van der Waals surface area (Å²) >= 11 is 0. The summed E-state index contributed by atoms with van der Waals surface area (Å²) in [7, 11) is 0. The maximum atomic E-state index is 11.3. The number of benzene rings is 1. The molecule has 108 valence electrons. The number of carbonyl (C=O) groups excluding carboxylic acids is 1. The summed E-state index contributed by atoms with van der Waals surface area (Å²) in [5, 5.41) is 0. The molecule has 3 unspecified atom stereocenters. The highest BCUT2D eigenvalue weighted by atomic mass is 35.5. The molecule has 1 saturated heterocycles. The third kappa shape index (κ3) is 3.05. The van der Waals surface area contributed by atoms with Crippen molar-refractivity contribution in [1.82, 2.24) is 4.90 Å². The fourth-order valence-corrected chi connectivity index (χ4v) is 3.16. The van der Waals surface area contributed by atoms with Crippen LogP contribution in [0.2, 0.25) is 0 Å². The van der Waals surface area contributed by atoms with Gasteiger partial charge in [0.05, 0.1) is 0 Å². The van der Waals surface area contributed by atoms with Crippen LogP contribution in [-0.4, -0.2) is 36.6 Å². The Hall–Kier alpha value is -1.32. The van der Waals surface area contributed by atoms with E-state index < -0.39 is 0 Å². The molecular formula is C16H20ClNO2. The zero-order chi connectivity index (χ0) is 13.2. The Labute approximate surface area is 126 Å². The zero-order valence-corrected chi connectivity index (χ0v) is 12.4. The van der Waals surface area contributed by atoms with Gasteiger partial charge in [-0.1, -0.05) is 36.4 Å². The Morgan fingerprint density at radius 1 is 1.30 bits per heavy atom. The number of esters is 1. The Morgan fingerprint density at radius 3 is 2.75 bits per heavy atom. The summed E-state index contributed by atoms with van der Waals surface area (Å²) in [5.41, 5.74) is 2.59. The van der Waals surface area contributed by atoms with Crippen LogP contribution in [0.5, 0.6) is 0 Å². The average Bonchev–Trinajstić information content (AvgIpc) is 2.43. The topological polar surface area (TPSA) is 29.5 Å². The summed E-state index contributed by atoms with van der Waals surface area (Å²) < 4.78 is 5.52. The highest BCUT2D eigenvalue weighted by Gasteiger charge is 2.36. The van der Waals surface area contributed by atoms with Crippen molar-refractivity contribution in [3.63, 3.8) is 0 Å². The van der Waals surface area contributed by atoms with Crippen LogP contribution in [0.4, 0.5) is 0 Å². The van der Waals surface area contributed by atoms with Crippen molar-refractivity contribution in [3.05, 3.63) is 42.0 Å². The van der Waals surface area contributed by atoms with Crippen molar-refractivity contribution in [2.24, 2.45) is 5.92 Å². The second kappa shape index (κ2) is 6.42. The first-order valence-electron chi connectivity index (χ1n) is 6.89. The fraction of sp³-hybridized carbons (Fsp3) is 0.438. The molecule has 0 saturated carbocycles. The van der Waals surface area contributed by atoms with Crippen LogP contribution in [0.3, 0.4) is 0 Å². The Kier molecular flexibility index (Phi) is 4.84. The van der Waals surface area contributed by atoms with Gasteiger partial charge in [0.1, 0.15) is 6.10 Å². The quantitative estimate of drug-likeness (QED) is 0.785. The molecule has 3 atom stereocenters. The van der Waals surface area contributed by atoms with Crippen molar-refractivity contribution in [1.29, 1.82) is 0 Å². The van der Waals surface area contributed by atoms with Gasteiger partial charge < -0.3 is 4.74 Å². The highest BCUT2D eigenvalue weighted by molar-refractivity contribution is 5.85. The molecule has 2 heterocycles. The molecule has 0 N–H and O–H groups in total. The predicted molar refractivity (Wildman–Crippen MR) is 81.8 cm³/mol. The Balaban J connectivity index is 0.00000147. The number of hydrogen-bond acceptors (Lipinski definition) is 3. The van der Waals surface area contributed by atoms with E-state index in [9.17, 15) is 4.79 Å². The lowest BCUT2D eigenvalue weighted by atomic mass is 9.81. The molecule has 4 heteroatoms. The van der Waals surface area contributed by atoms with Crippen LogP contribution in [0, 0.1) is 5.92 Å². The summed E-state index contributed by atoms with van der Waals surface area (Å²) in [6.07, 6.45) is 3.26. The third-order valence-electron chi connectivity index (χ3n) is 4.03. The van der Waals surface area contributed by atoms with E-state index in [1.54, 1.807) is 0 Å². The standard InChI is InChI=1S/C16H19NO2.ClH/c1-12(18)19-16-8-10-17-9-7-14(15(16)11-17)13-5-3-2-4-6-13;/h2-7,15-16H,8-11H2,1H3;1H. The second-order valence-corrected chi connectivity index (χ2v) is 5.33. The van der Waals surface area contributed by atoms with Gasteiger partial charge in [-0.3, -0.25) is 9.69 Å². The van der Waals surface area contributed by atoms with E-state index in [2.05, 4.69) is 35.2 Å².